The predicted octanol–water partition coefficient (Wildman–Crippen LogP) is 0.496. The van der Waals surface area contributed by atoms with Crippen LogP contribution in [0.25, 0.3) is 0 Å². The van der Waals surface area contributed by atoms with Crippen LogP contribution in [-0.2, 0) is 9.47 Å². The van der Waals surface area contributed by atoms with Crippen molar-refractivity contribution in [2.75, 3.05) is 32.9 Å². The minimum Gasteiger partial charge on any atom is -0.380 e. The van der Waals surface area contributed by atoms with E-state index in [4.69, 9.17) is 9.47 Å². The van der Waals surface area contributed by atoms with Crippen molar-refractivity contribution in [1.29, 1.82) is 0 Å². The Balaban J connectivity index is 1.85. The van der Waals surface area contributed by atoms with E-state index in [0.29, 0.717) is 12.1 Å². The van der Waals surface area contributed by atoms with E-state index < -0.39 is 0 Å². The molecule has 3 nitrogen and oxygen atoms in total. The van der Waals surface area contributed by atoms with Crippen LogP contribution in [0.4, 0.5) is 0 Å². The van der Waals surface area contributed by atoms with Gasteiger partial charge in [0.1, 0.15) is 0 Å². The maximum absolute atomic E-state index is 5.49. The van der Waals surface area contributed by atoms with Crippen LogP contribution in [0, 0.1) is 0 Å². The standard InChI is InChI=1S/C9H17NO2/c1-8-6-10(3-5-12-8)9-2-4-11-7-9/h8-9H,2-7H2,1H3. The molecule has 2 saturated heterocycles. The molecule has 0 N–H and O–H groups in total. The molecule has 2 aliphatic rings. The van der Waals surface area contributed by atoms with Gasteiger partial charge < -0.3 is 9.47 Å². The van der Waals surface area contributed by atoms with E-state index in [1.807, 2.05) is 0 Å². The molecule has 2 unspecified atom stereocenters. The molecular weight excluding hydrogens is 154 g/mol. The Bertz CT molecular complexity index is 145. The zero-order valence-corrected chi connectivity index (χ0v) is 7.66. The summed E-state index contributed by atoms with van der Waals surface area (Å²) in [4.78, 5) is 2.50. The van der Waals surface area contributed by atoms with E-state index in [9.17, 15) is 0 Å². The molecular formula is C9H17NO2. The van der Waals surface area contributed by atoms with Crippen molar-refractivity contribution in [1.82, 2.24) is 4.90 Å². The van der Waals surface area contributed by atoms with Gasteiger partial charge in [0.15, 0.2) is 0 Å². The van der Waals surface area contributed by atoms with Crippen LogP contribution in [0.2, 0.25) is 0 Å². The number of hydrogen-bond acceptors (Lipinski definition) is 3. The Labute approximate surface area is 73.6 Å². The van der Waals surface area contributed by atoms with Crippen LogP contribution >= 0.6 is 0 Å². The van der Waals surface area contributed by atoms with Crippen LogP contribution in [0.15, 0.2) is 0 Å². The van der Waals surface area contributed by atoms with Gasteiger partial charge in [-0.3, -0.25) is 4.90 Å². The summed E-state index contributed by atoms with van der Waals surface area (Å²) in [5.74, 6) is 0. The van der Waals surface area contributed by atoms with Crippen molar-refractivity contribution in [3.8, 4) is 0 Å². The Hall–Kier alpha value is -0.120. The molecule has 2 rings (SSSR count). The number of ether oxygens (including phenoxy) is 2. The Morgan fingerprint density at radius 1 is 1.33 bits per heavy atom. The largest absolute Gasteiger partial charge is 0.380 e. The highest BCUT2D eigenvalue weighted by atomic mass is 16.5. The third-order valence-electron chi connectivity index (χ3n) is 2.69. The second-order valence-electron chi connectivity index (χ2n) is 3.69. The molecule has 12 heavy (non-hydrogen) atoms. The van der Waals surface area contributed by atoms with Gasteiger partial charge in [0, 0.05) is 25.7 Å². The molecule has 2 fully saturated rings. The average molecular weight is 171 g/mol. The summed E-state index contributed by atoms with van der Waals surface area (Å²) < 4.78 is 10.8. The molecule has 0 aromatic rings. The lowest BCUT2D eigenvalue weighted by Gasteiger charge is -2.34. The first-order valence-electron chi connectivity index (χ1n) is 4.79. The van der Waals surface area contributed by atoms with Crippen LogP contribution in [-0.4, -0.2) is 50.0 Å². The fourth-order valence-corrected chi connectivity index (χ4v) is 1.99. The van der Waals surface area contributed by atoms with Crippen LogP contribution in [0.5, 0.6) is 0 Å². The number of rotatable bonds is 1. The average Bonchev–Trinajstić information content (AvgIpc) is 2.56. The molecule has 2 heterocycles. The van der Waals surface area contributed by atoms with Crippen molar-refractivity contribution in [3.05, 3.63) is 0 Å². The molecule has 0 radical (unpaired) electrons. The Kier molecular flexibility index (Phi) is 2.63. The Morgan fingerprint density at radius 3 is 2.92 bits per heavy atom. The lowest BCUT2D eigenvalue weighted by molar-refractivity contribution is -0.0348. The van der Waals surface area contributed by atoms with Crippen LogP contribution in [0.1, 0.15) is 13.3 Å². The second-order valence-corrected chi connectivity index (χ2v) is 3.69. The summed E-state index contributed by atoms with van der Waals surface area (Å²) >= 11 is 0. The summed E-state index contributed by atoms with van der Waals surface area (Å²) in [6.45, 7) is 7.05. The van der Waals surface area contributed by atoms with Gasteiger partial charge in [-0.1, -0.05) is 0 Å². The van der Waals surface area contributed by atoms with E-state index in [1.54, 1.807) is 0 Å². The molecule has 0 aliphatic carbocycles. The van der Waals surface area contributed by atoms with E-state index >= 15 is 0 Å². The molecule has 3 heteroatoms. The Morgan fingerprint density at radius 2 is 2.25 bits per heavy atom. The zero-order chi connectivity index (χ0) is 8.39. The summed E-state index contributed by atoms with van der Waals surface area (Å²) in [7, 11) is 0. The molecule has 0 spiro atoms. The quantitative estimate of drug-likeness (QED) is 0.573. The summed E-state index contributed by atoms with van der Waals surface area (Å²) in [6, 6.07) is 0.663. The van der Waals surface area contributed by atoms with Gasteiger partial charge in [-0.2, -0.15) is 0 Å². The van der Waals surface area contributed by atoms with Crippen molar-refractivity contribution in [2.24, 2.45) is 0 Å². The summed E-state index contributed by atoms with van der Waals surface area (Å²) in [5, 5.41) is 0. The maximum Gasteiger partial charge on any atom is 0.0674 e. The molecule has 70 valence electrons. The van der Waals surface area contributed by atoms with Gasteiger partial charge in [-0.25, -0.2) is 0 Å². The summed E-state index contributed by atoms with van der Waals surface area (Å²) in [6.07, 6.45) is 1.60. The van der Waals surface area contributed by atoms with Crippen LogP contribution in [0.3, 0.4) is 0 Å². The fraction of sp³-hybridized carbons (Fsp3) is 1.00. The van der Waals surface area contributed by atoms with Gasteiger partial charge in [0.2, 0.25) is 0 Å². The summed E-state index contributed by atoms with van der Waals surface area (Å²) in [5.41, 5.74) is 0. The molecule has 0 bridgehead atoms. The van der Waals surface area contributed by atoms with Crippen molar-refractivity contribution in [3.63, 3.8) is 0 Å². The molecule has 2 atom stereocenters. The van der Waals surface area contributed by atoms with Gasteiger partial charge in [-0.15, -0.1) is 0 Å². The molecule has 0 aromatic heterocycles. The van der Waals surface area contributed by atoms with E-state index in [-0.39, 0.29) is 0 Å². The first kappa shape index (κ1) is 8.48. The lowest BCUT2D eigenvalue weighted by atomic mass is 10.2. The van der Waals surface area contributed by atoms with Gasteiger partial charge in [0.05, 0.1) is 19.3 Å². The highest BCUT2D eigenvalue weighted by Gasteiger charge is 2.26. The van der Waals surface area contributed by atoms with Crippen LogP contribution < -0.4 is 0 Å². The van der Waals surface area contributed by atoms with Gasteiger partial charge >= 0.3 is 0 Å². The second kappa shape index (κ2) is 3.73. The number of morpholine rings is 1. The van der Waals surface area contributed by atoms with Crippen molar-refractivity contribution >= 4 is 0 Å². The number of hydrogen-bond donors (Lipinski definition) is 0. The van der Waals surface area contributed by atoms with Gasteiger partial charge in [0.25, 0.3) is 0 Å². The highest BCUT2D eigenvalue weighted by molar-refractivity contribution is 4.79. The zero-order valence-electron chi connectivity index (χ0n) is 7.66. The minimum absolute atomic E-state index is 0.402. The molecule has 0 amide bonds. The first-order chi connectivity index (χ1) is 5.86. The van der Waals surface area contributed by atoms with E-state index in [2.05, 4.69) is 11.8 Å². The lowest BCUT2D eigenvalue weighted by Crippen LogP contribution is -2.47. The third kappa shape index (κ3) is 1.79. The SMILES string of the molecule is CC1CN(C2CCOC2)CCO1. The molecule has 0 aromatic carbocycles. The smallest absolute Gasteiger partial charge is 0.0674 e. The molecule has 2 aliphatic heterocycles. The first-order valence-corrected chi connectivity index (χ1v) is 4.79. The van der Waals surface area contributed by atoms with E-state index in [0.717, 1.165) is 32.9 Å². The minimum atomic E-state index is 0.402. The van der Waals surface area contributed by atoms with E-state index in [1.165, 1.54) is 6.42 Å². The van der Waals surface area contributed by atoms with Gasteiger partial charge in [-0.05, 0) is 13.3 Å². The highest BCUT2D eigenvalue weighted by Crippen LogP contribution is 2.15. The van der Waals surface area contributed by atoms with Crippen molar-refractivity contribution in [2.45, 2.75) is 25.5 Å². The topological polar surface area (TPSA) is 21.7 Å². The fourth-order valence-electron chi connectivity index (χ4n) is 1.99. The predicted molar refractivity (Wildman–Crippen MR) is 46.2 cm³/mol. The monoisotopic (exact) mass is 171 g/mol. The maximum atomic E-state index is 5.49. The molecule has 0 saturated carbocycles. The number of nitrogens with zero attached hydrogens (tertiary/aromatic N) is 1. The normalized spacial score (nSPS) is 38.8. The van der Waals surface area contributed by atoms with Crippen molar-refractivity contribution < 1.29 is 9.47 Å². The third-order valence-corrected chi connectivity index (χ3v) is 2.69.